The highest BCUT2D eigenvalue weighted by atomic mass is 15.1. The summed E-state index contributed by atoms with van der Waals surface area (Å²) in [5.74, 6) is 1.94. The summed E-state index contributed by atoms with van der Waals surface area (Å²) in [6.07, 6.45) is 5.78. The largest absolute Gasteiger partial charge is 0.371 e. The van der Waals surface area contributed by atoms with E-state index in [-0.39, 0.29) is 0 Å². The van der Waals surface area contributed by atoms with Crippen LogP contribution in [0, 0.1) is 11.8 Å². The van der Waals surface area contributed by atoms with E-state index in [0.717, 1.165) is 24.9 Å². The molecule has 1 aromatic carbocycles. The molecule has 0 aliphatic heterocycles. The van der Waals surface area contributed by atoms with Crippen LogP contribution in [0.5, 0.6) is 0 Å². The van der Waals surface area contributed by atoms with Crippen molar-refractivity contribution in [2.45, 2.75) is 39.2 Å². The van der Waals surface area contributed by atoms with Crippen LogP contribution in [0.15, 0.2) is 24.3 Å². The first-order valence-electron chi connectivity index (χ1n) is 7.89. The topological polar surface area (TPSA) is 15.3 Å². The molecular formula is C17H26N2. The maximum atomic E-state index is 3.38. The van der Waals surface area contributed by atoms with Crippen molar-refractivity contribution in [3.05, 3.63) is 29.8 Å². The number of hydrogen-bond donors (Lipinski definition) is 1. The summed E-state index contributed by atoms with van der Waals surface area (Å²) in [6, 6.07) is 9.20. The second-order valence-corrected chi connectivity index (χ2v) is 6.24. The molecule has 0 saturated heterocycles. The summed E-state index contributed by atoms with van der Waals surface area (Å²) < 4.78 is 0. The lowest BCUT2D eigenvalue weighted by Gasteiger charge is -2.25. The lowest BCUT2D eigenvalue weighted by Crippen LogP contribution is -2.28. The number of hydrogen-bond acceptors (Lipinski definition) is 2. The van der Waals surface area contributed by atoms with Crippen LogP contribution in [0.2, 0.25) is 0 Å². The summed E-state index contributed by atoms with van der Waals surface area (Å²) in [5, 5.41) is 3.38. The normalized spacial score (nSPS) is 18.6. The fourth-order valence-corrected chi connectivity index (χ4v) is 2.60. The minimum absolute atomic E-state index is 0.972. The van der Waals surface area contributed by atoms with Gasteiger partial charge in [-0.15, -0.1) is 0 Å². The van der Waals surface area contributed by atoms with E-state index >= 15 is 0 Å². The van der Waals surface area contributed by atoms with Crippen molar-refractivity contribution in [2.24, 2.45) is 11.8 Å². The Bertz CT molecular complexity index is 376. The van der Waals surface area contributed by atoms with Crippen LogP contribution in [0.1, 0.15) is 38.2 Å². The van der Waals surface area contributed by atoms with Crippen molar-refractivity contribution in [1.29, 1.82) is 0 Å². The number of rotatable bonds is 8. The SMILES string of the molecule is CCNCc1ccc(N(CC2CC2)CC2CC2)cc1. The summed E-state index contributed by atoms with van der Waals surface area (Å²) in [7, 11) is 0. The van der Waals surface area contributed by atoms with Gasteiger partial charge in [-0.25, -0.2) is 0 Å². The van der Waals surface area contributed by atoms with E-state index in [1.54, 1.807) is 0 Å². The molecule has 2 aliphatic rings. The molecule has 2 aliphatic carbocycles. The van der Waals surface area contributed by atoms with E-state index in [4.69, 9.17) is 0 Å². The lowest BCUT2D eigenvalue weighted by molar-refractivity contribution is 0.679. The predicted octanol–water partition coefficient (Wildman–Crippen LogP) is 3.42. The second-order valence-electron chi connectivity index (χ2n) is 6.24. The van der Waals surface area contributed by atoms with Crippen molar-refractivity contribution >= 4 is 5.69 Å². The van der Waals surface area contributed by atoms with Crippen LogP contribution in [0.3, 0.4) is 0 Å². The van der Waals surface area contributed by atoms with Crippen LogP contribution in [0.4, 0.5) is 5.69 Å². The molecule has 3 rings (SSSR count). The third-order valence-electron chi connectivity index (χ3n) is 4.23. The molecule has 0 aromatic heterocycles. The molecule has 0 spiro atoms. The highest BCUT2D eigenvalue weighted by Crippen LogP contribution is 2.35. The molecule has 1 aromatic rings. The van der Waals surface area contributed by atoms with Gasteiger partial charge in [-0.3, -0.25) is 0 Å². The van der Waals surface area contributed by atoms with Gasteiger partial charge in [0.2, 0.25) is 0 Å². The van der Waals surface area contributed by atoms with E-state index in [1.807, 2.05) is 0 Å². The van der Waals surface area contributed by atoms with Crippen LogP contribution in [0.25, 0.3) is 0 Å². The molecule has 1 N–H and O–H groups in total. The average molecular weight is 258 g/mol. The van der Waals surface area contributed by atoms with Gasteiger partial charge in [-0.2, -0.15) is 0 Å². The minimum Gasteiger partial charge on any atom is -0.371 e. The third-order valence-corrected chi connectivity index (χ3v) is 4.23. The first kappa shape index (κ1) is 13.0. The van der Waals surface area contributed by atoms with Crippen molar-refractivity contribution < 1.29 is 0 Å². The lowest BCUT2D eigenvalue weighted by atomic mass is 10.1. The molecule has 2 saturated carbocycles. The van der Waals surface area contributed by atoms with Crippen LogP contribution < -0.4 is 10.2 Å². The van der Waals surface area contributed by atoms with Gasteiger partial charge < -0.3 is 10.2 Å². The molecule has 19 heavy (non-hydrogen) atoms. The van der Waals surface area contributed by atoms with Gasteiger partial charge in [-0.05, 0) is 61.8 Å². The number of nitrogens with zero attached hydrogens (tertiary/aromatic N) is 1. The zero-order valence-electron chi connectivity index (χ0n) is 12.1. The second kappa shape index (κ2) is 5.96. The summed E-state index contributed by atoms with van der Waals surface area (Å²) >= 11 is 0. The Balaban J connectivity index is 1.62. The Labute approximate surface area is 117 Å². The molecule has 0 heterocycles. The van der Waals surface area contributed by atoms with E-state index in [9.17, 15) is 0 Å². The fourth-order valence-electron chi connectivity index (χ4n) is 2.60. The maximum absolute atomic E-state index is 3.38. The molecule has 0 atom stereocenters. The van der Waals surface area contributed by atoms with Gasteiger partial charge in [0.25, 0.3) is 0 Å². The van der Waals surface area contributed by atoms with Gasteiger partial charge in [0.1, 0.15) is 0 Å². The zero-order chi connectivity index (χ0) is 13.1. The van der Waals surface area contributed by atoms with Crippen molar-refractivity contribution in [3.63, 3.8) is 0 Å². The Morgan fingerprint density at radius 2 is 1.58 bits per heavy atom. The molecule has 0 amide bonds. The van der Waals surface area contributed by atoms with Gasteiger partial charge in [0.15, 0.2) is 0 Å². The first-order chi connectivity index (χ1) is 9.35. The Hall–Kier alpha value is -1.02. The molecule has 0 unspecified atom stereocenters. The van der Waals surface area contributed by atoms with Gasteiger partial charge >= 0.3 is 0 Å². The minimum atomic E-state index is 0.972. The first-order valence-corrected chi connectivity index (χ1v) is 7.89. The number of benzene rings is 1. The van der Waals surface area contributed by atoms with Crippen molar-refractivity contribution in [3.8, 4) is 0 Å². The molecule has 2 heteroatoms. The van der Waals surface area contributed by atoms with Gasteiger partial charge in [0.05, 0.1) is 0 Å². The highest BCUT2D eigenvalue weighted by Gasteiger charge is 2.29. The Morgan fingerprint density at radius 1 is 1.00 bits per heavy atom. The molecule has 2 nitrogen and oxygen atoms in total. The summed E-state index contributed by atoms with van der Waals surface area (Å²) in [5.41, 5.74) is 2.82. The number of nitrogens with one attached hydrogen (secondary N) is 1. The molecule has 0 radical (unpaired) electrons. The van der Waals surface area contributed by atoms with Crippen LogP contribution >= 0.6 is 0 Å². The molecule has 0 bridgehead atoms. The van der Waals surface area contributed by atoms with Gasteiger partial charge in [-0.1, -0.05) is 19.1 Å². The standard InChI is InChI=1S/C17H26N2/c1-2-18-11-14-7-9-17(10-8-14)19(12-15-3-4-15)13-16-5-6-16/h7-10,15-16,18H,2-6,11-13H2,1H3. The fraction of sp³-hybridized carbons (Fsp3) is 0.647. The zero-order valence-corrected chi connectivity index (χ0v) is 12.1. The third kappa shape index (κ3) is 3.97. The Morgan fingerprint density at radius 3 is 2.05 bits per heavy atom. The van der Waals surface area contributed by atoms with Crippen molar-refractivity contribution in [1.82, 2.24) is 5.32 Å². The predicted molar refractivity (Wildman–Crippen MR) is 81.5 cm³/mol. The number of anilines is 1. The Kier molecular flexibility index (Phi) is 4.07. The maximum Gasteiger partial charge on any atom is 0.0366 e. The van der Waals surface area contributed by atoms with Crippen molar-refractivity contribution in [2.75, 3.05) is 24.5 Å². The van der Waals surface area contributed by atoms with E-state index in [2.05, 4.69) is 41.4 Å². The molecule has 2 fully saturated rings. The van der Waals surface area contributed by atoms with E-state index in [0.29, 0.717) is 0 Å². The van der Waals surface area contributed by atoms with Gasteiger partial charge in [0, 0.05) is 25.3 Å². The monoisotopic (exact) mass is 258 g/mol. The quantitative estimate of drug-likeness (QED) is 0.768. The smallest absolute Gasteiger partial charge is 0.0366 e. The summed E-state index contributed by atoms with van der Waals surface area (Å²) in [4.78, 5) is 2.63. The van der Waals surface area contributed by atoms with E-state index in [1.165, 1.54) is 50.0 Å². The van der Waals surface area contributed by atoms with Crippen LogP contribution in [-0.2, 0) is 6.54 Å². The molecule has 104 valence electrons. The molecular weight excluding hydrogens is 232 g/mol. The average Bonchev–Trinajstić information content (AvgIpc) is 3.31. The highest BCUT2D eigenvalue weighted by molar-refractivity contribution is 5.48. The summed E-state index contributed by atoms with van der Waals surface area (Å²) in [6.45, 7) is 6.74. The van der Waals surface area contributed by atoms with Crippen LogP contribution in [-0.4, -0.2) is 19.6 Å². The van der Waals surface area contributed by atoms with E-state index < -0.39 is 0 Å².